The van der Waals surface area contributed by atoms with Crippen LogP contribution in [0.15, 0.2) is 0 Å². The molecular formula is C9H17NO2. The van der Waals surface area contributed by atoms with Crippen molar-refractivity contribution in [2.45, 2.75) is 39.2 Å². The molecule has 0 radical (unpaired) electrons. The molecule has 0 unspecified atom stereocenters. The first-order valence-electron chi connectivity index (χ1n) is 4.31. The van der Waals surface area contributed by atoms with E-state index in [0.29, 0.717) is 19.3 Å². The maximum absolute atomic E-state index is 11.2. The molecule has 0 aromatic carbocycles. The molecule has 0 aromatic rings. The predicted molar refractivity (Wildman–Crippen MR) is 47.7 cm³/mol. The van der Waals surface area contributed by atoms with Gasteiger partial charge in [-0.25, -0.2) is 0 Å². The van der Waals surface area contributed by atoms with Crippen LogP contribution in [0, 0.1) is 5.92 Å². The Kier molecular flexibility index (Phi) is 5.54. The largest absolute Gasteiger partial charge is 0.321 e. The molecule has 70 valence electrons. The maximum Gasteiger partial charge on any atom is 0.149 e. The van der Waals surface area contributed by atoms with Gasteiger partial charge in [-0.1, -0.05) is 13.8 Å². The third-order valence-corrected chi connectivity index (χ3v) is 1.84. The Labute approximate surface area is 73.3 Å². The Morgan fingerprint density at radius 3 is 2.50 bits per heavy atom. The van der Waals surface area contributed by atoms with E-state index in [4.69, 9.17) is 5.73 Å². The van der Waals surface area contributed by atoms with Gasteiger partial charge in [0, 0.05) is 12.8 Å². The van der Waals surface area contributed by atoms with Crippen LogP contribution in [0.1, 0.15) is 33.1 Å². The van der Waals surface area contributed by atoms with Gasteiger partial charge in [0.25, 0.3) is 0 Å². The molecule has 0 rings (SSSR count). The van der Waals surface area contributed by atoms with Gasteiger partial charge in [0.05, 0.1) is 6.04 Å². The summed E-state index contributed by atoms with van der Waals surface area (Å²) in [5.74, 6) is 0.251. The van der Waals surface area contributed by atoms with Crippen molar-refractivity contribution in [3.63, 3.8) is 0 Å². The second kappa shape index (κ2) is 5.89. The monoisotopic (exact) mass is 171 g/mol. The number of hydrogen-bond acceptors (Lipinski definition) is 3. The van der Waals surface area contributed by atoms with Crippen molar-refractivity contribution in [1.82, 2.24) is 0 Å². The van der Waals surface area contributed by atoms with Gasteiger partial charge in [-0.3, -0.25) is 4.79 Å². The van der Waals surface area contributed by atoms with Gasteiger partial charge < -0.3 is 10.5 Å². The lowest BCUT2D eigenvalue weighted by molar-refractivity contribution is -0.121. The summed E-state index contributed by atoms with van der Waals surface area (Å²) >= 11 is 0. The van der Waals surface area contributed by atoms with Crippen LogP contribution >= 0.6 is 0 Å². The number of rotatable bonds is 6. The van der Waals surface area contributed by atoms with E-state index >= 15 is 0 Å². The van der Waals surface area contributed by atoms with Gasteiger partial charge in [0.2, 0.25) is 0 Å². The molecule has 0 fully saturated rings. The standard InChI is InChI=1S/C9H17NO2/c1-7(2)9(10)8(12)5-3-4-6-11/h6-7,9H,3-5,10H2,1-2H3/t9-/m0/s1. The van der Waals surface area contributed by atoms with Crippen LogP contribution in [0.3, 0.4) is 0 Å². The average Bonchev–Trinajstić information content (AvgIpc) is 2.03. The van der Waals surface area contributed by atoms with Crippen molar-refractivity contribution in [2.24, 2.45) is 11.7 Å². The van der Waals surface area contributed by atoms with Crippen LogP contribution in [0.5, 0.6) is 0 Å². The molecule has 0 saturated carbocycles. The normalized spacial score (nSPS) is 13.0. The fourth-order valence-electron chi connectivity index (χ4n) is 0.898. The van der Waals surface area contributed by atoms with E-state index in [9.17, 15) is 9.59 Å². The van der Waals surface area contributed by atoms with E-state index < -0.39 is 0 Å². The fourth-order valence-corrected chi connectivity index (χ4v) is 0.898. The first-order chi connectivity index (χ1) is 5.59. The van der Waals surface area contributed by atoms with Crippen LogP contribution in [0.25, 0.3) is 0 Å². The van der Waals surface area contributed by atoms with E-state index in [1.807, 2.05) is 13.8 Å². The van der Waals surface area contributed by atoms with E-state index in [-0.39, 0.29) is 17.7 Å². The minimum atomic E-state index is -0.364. The minimum Gasteiger partial charge on any atom is -0.321 e. The van der Waals surface area contributed by atoms with Gasteiger partial charge in [-0.15, -0.1) is 0 Å². The molecule has 0 aromatic heterocycles. The molecule has 12 heavy (non-hydrogen) atoms. The lowest BCUT2D eigenvalue weighted by Gasteiger charge is -2.13. The van der Waals surface area contributed by atoms with Crippen molar-refractivity contribution in [3.8, 4) is 0 Å². The predicted octanol–water partition coefficient (Wildman–Crippen LogP) is 0.908. The Morgan fingerprint density at radius 1 is 1.50 bits per heavy atom. The summed E-state index contributed by atoms with van der Waals surface area (Å²) in [4.78, 5) is 21.2. The fraction of sp³-hybridized carbons (Fsp3) is 0.778. The molecule has 0 spiro atoms. The van der Waals surface area contributed by atoms with Gasteiger partial charge in [-0.2, -0.15) is 0 Å². The zero-order chi connectivity index (χ0) is 9.56. The summed E-state index contributed by atoms with van der Waals surface area (Å²) in [6.07, 6.45) is 2.34. The molecule has 2 N–H and O–H groups in total. The summed E-state index contributed by atoms with van der Waals surface area (Å²) in [5, 5.41) is 0. The second-order valence-electron chi connectivity index (χ2n) is 3.30. The smallest absolute Gasteiger partial charge is 0.149 e. The van der Waals surface area contributed by atoms with Crippen LogP contribution < -0.4 is 5.73 Å². The van der Waals surface area contributed by atoms with Crippen molar-refractivity contribution >= 4 is 12.1 Å². The Hall–Kier alpha value is -0.700. The molecule has 0 saturated heterocycles. The molecule has 0 aliphatic rings. The molecule has 0 aliphatic heterocycles. The summed E-state index contributed by atoms with van der Waals surface area (Å²) in [7, 11) is 0. The van der Waals surface area contributed by atoms with E-state index in [0.717, 1.165) is 6.29 Å². The summed E-state index contributed by atoms with van der Waals surface area (Å²) in [6, 6.07) is -0.364. The first kappa shape index (κ1) is 11.3. The molecule has 0 bridgehead atoms. The van der Waals surface area contributed by atoms with Crippen molar-refractivity contribution in [1.29, 1.82) is 0 Å². The maximum atomic E-state index is 11.2. The SMILES string of the molecule is CC(C)[C@H](N)C(=O)CCCC=O. The summed E-state index contributed by atoms with van der Waals surface area (Å²) in [5.41, 5.74) is 5.60. The highest BCUT2D eigenvalue weighted by Crippen LogP contribution is 2.04. The quantitative estimate of drug-likeness (QED) is 0.477. The Morgan fingerprint density at radius 2 is 2.08 bits per heavy atom. The Balaban J connectivity index is 3.64. The third kappa shape index (κ3) is 4.23. The number of unbranched alkanes of at least 4 members (excludes halogenated alkanes) is 1. The number of nitrogens with two attached hydrogens (primary N) is 1. The van der Waals surface area contributed by atoms with Gasteiger partial charge in [0.15, 0.2) is 0 Å². The summed E-state index contributed by atoms with van der Waals surface area (Å²) < 4.78 is 0. The number of Topliss-reactive ketones (excluding diaryl/α,β-unsaturated/α-hetero) is 1. The molecule has 1 atom stereocenters. The molecule has 3 nitrogen and oxygen atoms in total. The van der Waals surface area contributed by atoms with E-state index in [1.54, 1.807) is 0 Å². The highest BCUT2D eigenvalue weighted by molar-refractivity contribution is 5.84. The minimum absolute atomic E-state index is 0.0619. The molecule has 0 heterocycles. The first-order valence-corrected chi connectivity index (χ1v) is 4.31. The molecule has 3 heteroatoms. The second-order valence-corrected chi connectivity index (χ2v) is 3.30. The number of aldehydes is 1. The van der Waals surface area contributed by atoms with Crippen molar-refractivity contribution in [2.75, 3.05) is 0 Å². The third-order valence-electron chi connectivity index (χ3n) is 1.84. The lowest BCUT2D eigenvalue weighted by Crippen LogP contribution is -2.35. The van der Waals surface area contributed by atoms with E-state index in [2.05, 4.69) is 0 Å². The Bertz CT molecular complexity index is 155. The van der Waals surface area contributed by atoms with E-state index in [1.165, 1.54) is 0 Å². The lowest BCUT2D eigenvalue weighted by atomic mass is 9.98. The van der Waals surface area contributed by atoms with Crippen LogP contribution in [-0.4, -0.2) is 18.1 Å². The number of carbonyl (C=O) groups is 2. The van der Waals surface area contributed by atoms with Gasteiger partial charge in [0.1, 0.15) is 12.1 Å². The van der Waals surface area contributed by atoms with Crippen LogP contribution in [0.2, 0.25) is 0 Å². The zero-order valence-electron chi connectivity index (χ0n) is 7.75. The van der Waals surface area contributed by atoms with Crippen molar-refractivity contribution in [3.05, 3.63) is 0 Å². The number of ketones is 1. The van der Waals surface area contributed by atoms with Gasteiger partial charge >= 0.3 is 0 Å². The van der Waals surface area contributed by atoms with Crippen LogP contribution in [-0.2, 0) is 9.59 Å². The highest BCUT2D eigenvalue weighted by Gasteiger charge is 2.15. The average molecular weight is 171 g/mol. The van der Waals surface area contributed by atoms with Gasteiger partial charge in [-0.05, 0) is 12.3 Å². The number of hydrogen-bond donors (Lipinski definition) is 1. The summed E-state index contributed by atoms with van der Waals surface area (Å²) in [6.45, 7) is 3.84. The number of carbonyl (C=O) groups excluding carboxylic acids is 2. The van der Waals surface area contributed by atoms with Crippen molar-refractivity contribution < 1.29 is 9.59 Å². The zero-order valence-corrected chi connectivity index (χ0v) is 7.75. The topological polar surface area (TPSA) is 60.2 Å². The molecule has 0 amide bonds. The van der Waals surface area contributed by atoms with Crippen LogP contribution in [0.4, 0.5) is 0 Å². The molecule has 0 aliphatic carbocycles. The highest BCUT2D eigenvalue weighted by atomic mass is 16.1. The molecular weight excluding hydrogens is 154 g/mol.